The maximum absolute atomic E-state index is 7.60. The molecular formula is C15H24N4. The second kappa shape index (κ2) is 6.04. The molecule has 1 aliphatic rings. The van der Waals surface area contributed by atoms with Gasteiger partial charge in [0.2, 0.25) is 0 Å². The Hall–Kier alpha value is -1.58. The summed E-state index contributed by atoms with van der Waals surface area (Å²) in [5, 5.41) is 7.60. The van der Waals surface area contributed by atoms with Crippen LogP contribution in [0.2, 0.25) is 0 Å². The van der Waals surface area contributed by atoms with E-state index in [4.69, 9.17) is 11.1 Å². The average Bonchev–Trinajstić information content (AvgIpc) is 2.40. The minimum Gasteiger partial charge on any atom is -0.384 e. The van der Waals surface area contributed by atoms with Crippen LogP contribution in [0, 0.1) is 12.3 Å². The minimum atomic E-state index is 0.117. The molecule has 0 atom stereocenters. The number of anilines is 1. The van der Waals surface area contributed by atoms with Crippen molar-refractivity contribution in [3.05, 3.63) is 23.4 Å². The first-order valence-corrected chi connectivity index (χ1v) is 7.21. The van der Waals surface area contributed by atoms with E-state index in [1.54, 1.807) is 0 Å². The van der Waals surface area contributed by atoms with Gasteiger partial charge in [0, 0.05) is 23.8 Å². The van der Waals surface area contributed by atoms with Crippen LogP contribution in [0.15, 0.2) is 12.1 Å². The van der Waals surface area contributed by atoms with Crippen molar-refractivity contribution in [1.82, 2.24) is 4.98 Å². The standard InChI is InChI=1S/C15H24N4/c1-3-19(13-7-5-4-6-8-13)14-10-12(15(16)17)9-11(2)18-14/h9-10,13H,3-8H2,1-2H3,(H3,16,17). The molecule has 0 amide bonds. The highest BCUT2D eigenvalue weighted by Crippen LogP contribution is 2.26. The number of aromatic nitrogens is 1. The third-order valence-corrected chi connectivity index (χ3v) is 3.90. The van der Waals surface area contributed by atoms with Crippen molar-refractivity contribution in [2.45, 2.75) is 52.0 Å². The lowest BCUT2D eigenvalue weighted by atomic mass is 9.94. The number of pyridine rings is 1. The molecule has 1 aromatic heterocycles. The van der Waals surface area contributed by atoms with E-state index in [0.29, 0.717) is 6.04 Å². The van der Waals surface area contributed by atoms with Gasteiger partial charge in [-0.1, -0.05) is 19.3 Å². The molecule has 4 heteroatoms. The van der Waals surface area contributed by atoms with Crippen LogP contribution >= 0.6 is 0 Å². The zero-order chi connectivity index (χ0) is 13.8. The zero-order valence-corrected chi connectivity index (χ0v) is 11.9. The van der Waals surface area contributed by atoms with E-state index in [9.17, 15) is 0 Å². The summed E-state index contributed by atoms with van der Waals surface area (Å²) in [6.45, 7) is 5.09. The van der Waals surface area contributed by atoms with Gasteiger partial charge in [0.15, 0.2) is 0 Å². The number of rotatable bonds is 4. The number of amidine groups is 1. The summed E-state index contributed by atoms with van der Waals surface area (Å²) in [6.07, 6.45) is 6.48. The van der Waals surface area contributed by atoms with Crippen molar-refractivity contribution in [3.63, 3.8) is 0 Å². The fraction of sp³-hybridized carbons (Fsp3) is 0.600. The first kappa shape index (κ1) is 13.8. The number of hydrogen-bond acceptors (Lipinski definition) is 3. The van der Waals surface area contributed by atoms with Gasteiger partial charge in [0.1, 0.15) is 11.7 Å². The Morgan fingerprint density at radius 2 is 2.05 bits per heavy atom. The van der Waals surface area contributed by atoms with E-state index in [0.717, 1.165) is 23.6 Å². The molecule has 19 heavy (non-hydrogen) atoms. The summed E-state index contributed by atoms with van der Waals surface area (Å²) < 4.78 is 0. The molecule has 1 aromatic rings. The van der Waals surface area contributed by atoms with Crippen molar-refractivity contribution in [2.75, 3.05) is 11.4 Å². The molecule has 1 saturated carbocycles. The van der Waals surface area contributed by atoms with E-state index in [1.807, 2.05) is 19.1 Å². The van der Waals surface area contributed by atoms with Gasteiger partial charge in [-0.25, -0.2) is 4.98 Å². The van der Waals surface area contributed by atoms with Crippen LogP contribution < -0.4 is 10.6 Å². The predicted octanol–water partition coefficient (Wildman–Crippen LogP) is 2.83. The molecule has 4 nitrogen and oxygen atoms in total. The molecule has 0 aliphatic heterocycles. The molecular weight excluding hydrogens is 236 g/mol. The van der Waals surface area contributed by atoms with Crippen LogP contribution in [0.25, 0.3) is 0 Å². The van der Waals surface area contributed by atoms with Crippen LogP contribution in [0.5, 0.6) is 0 Å². The van der Waals surface area contributed by atoms with Gasteiger partial charge in [-0.2, -0.15) is 0 Å². The molecule has 0 radical (unpaired) electrons. The first-order valence-electron chi connectivity index (χ1n) is 7.21. The third kappa shape index (κ3) is 3.25. The van der Waals surface area contributed by atoms with E-state index in [1.165, 1.54) is 32.1 Å². The summed E-state index contributed by atoms with van der Waals surface area (Å²) in [4.78, 5) is 7.01. The van der Waals surface area contributed by atoms with Crippen LogP contribution in [0.1, 0.15) is 50.3 Å². The summed E-state index contributed by atoms with van der Waals surface area (Å²) in [7, 11) is 0. The maximum atomic E-state index is 7.60. The molecule has 2 rings (SSSR count). The van der Waals surface area contributed by atoms with Gasteiger partial charge in [-0.05, 0) is 38.8 Å². The van der Waals surface area contributed by atoms with E-state index in [-0.39, 0.29) is 5.84 Å². The van der Waals surface area contributed by atoms with Crippen LogP contribution in [0.4, 0.5) is 5.82 Å². The highest BCUT2D eigenvalue weighted by molar-refractivity contribution is 5.95. The van der Waals surface area contributed by atoms with Crippen LogP contribution in [-0.4, -0.2) is 23.4 Å². The summed E-state index contributed by atoms with van der Waals surface area (Å²) in [5.74, 6) is 1.09. The molecule has 3 N–H and O–H groups in total. The monoisotopic (exact) mass is 260 g/mol. The van der Waals surface area contributed by atoms with Crippen molar-refractivity contribution in [3.8, 4) is 0 Å². The average molecular weight is 260 g/mol. The Morgan fingerprint density at radius 1 is 1.37 bits per heavy atom. The summed E-state index contributed by atoms with van der Waals surface area (Å²) >= 11 is 0. The SMILES string of the molecule is CCN(c1cc(C(=N)N)cc(C)n1)C1CCCCC1. The normalized spacial score (nSPS) is 16.3. The van der Waals surface area contributed by atoms with Crippen molar-refractivity contribution in [1.29, 1.82) is 5.41 Å². The Morgan fingerprint density at radius 3 is 2.63 bits per heavy atom. The van der Waals surface area contributed by atoms with Crippen LogP contribution in [0.3, 0.4) is 0 Å². The molecule has 0 unspecified atom stereocenters. The number of nitrogens with one attached hydrogen (secondary N) is 1. The van der Waals surface area contributed by atoms with Gasteiger partial charge in [-0.15, -0.1) is 0 Å². The Labute approximate surface area is 115 Å². The largest absolute Gasteiger partial charge is 0.384 e. The molecule has 0 spiro atoms. The molecule has 1 heterocycles. The summed E-state index contributed by atoms with van der Waals surface area (Å²) in [5.41, 5.74) is 7.31. The van der Waals surface area contributed by atoms with E-state index >= 15 is 0 Å². The molecule has 1 aliphatic carbocycles. The van der Waals surface area contributed by atoms with Gasteiger partial charge in [-0.3, -0.25) is 5.41 Å². The fourth-order valence-electron chi connectivity index (χ4n) is 2.95. The second-order valence-corrected chi connectivity index (χ2v) is 5.35. The number of nitrogens with zero attached hydrogens (tertiary/aromatic N) is 2. The van der Waals surface area contributed by atoms with E-state index < -0.39 is 0 Å². The lowest BCUT2D eigenvalue weighted by molar-refractivity contribution is 0.416. The van der Waals surface area contributed by atoms with Gasteiger partial charge in [0.05, 0.1) is 0 Å². The lowest BCUT2D eigenvalue weighted by Gasteiger charge is -2.34. The van der Waals surface area contributed by atoms with Gasteiger partial charge in [0.25, 0.3) is 0 Å². The van der Waals surface area contributed by atoms with Crippen molar-refractivity contribution < 1.29 is 0 Å². The predicted molar refractivity (Wildman–Crippen MR) is 79.9 cm³/mol. The fourth-order valence-corrected chi connectivity index (χ4v) is 2.95. The highest BCUT2D eigenvalue weighted by atomic mass is 15.2. The molecule has 104 valence electrons. The zero-order valence-electron chi connectivity index (χ0n) is 11.9. The molecule has 1 fully saturated rings. The van der Waals surface area contributed by atoms with Crippen molar-refractivity contribution in [2.24, 2.45) is 5.73 Å². The number of nitrogen functional groups attached to an aromatic ring is 1. The summed E-state index contributed by atoms with van der Waals surface area (Å²) in [6, 6.07) is 4.42. The molecule has 0 bridgehead atoms. The van der Waals surface area contributed by atoms with E-state index in [2.05, 4.69) is 16.8 Å². The lowest BCUT2D eigenvalue weighted by Crippen LogP contribution is -2.37. The number of aryl methyl sites for hydroxylation is 1. The Bertz CT molecular complexity index is 449. The Balaban J connectivity index is 2.28. The van der Waals surface area contributed by atoms with Gasteiger partial charge >= 0.3 is 0 Å². The molecule has 0 saturated heterocycles. The minimum absolute atomic E-state index is 0.117. The molecule has 0 aromatic carbocycles. The smallest absolute Gasteiger partial charge is 0.129 e. The second-order valence-electron chi connectivity index (χ2n) is 5.35. The number of hydrogen-bond donors (Lipinski definition) is 2. The third-order valence-electron chi connectivity index (χ3n) is 3.90. The van der Waals surface area contributed by atoms with Crippen molar-refractivity contribution >= 4 is 11.7 Å². The quantitative estimate of drug-likeness (QED) is 0.646. The number of nitrogens with two attached hydrogens (primary N) is 1. The van der Waals surface area contributed by atoms with Crippen LogP contribution in [-0.2, 0) is 0 Å². The Kier molecular flexibility index (Phi) is 4.40. The topological polar surface area (TPSA) is 66.0 Å². The van der Waals surface area contributed by atoms with Gasteiger partial charge < -0.3 is 10.6 Å². The maximum Gasteiger partial charge on any atom is 0.129 e. The first-order chi connectivity index (χ1) is 9.11. The highest BCUT2D eigenvalue weighted by Gasteiger charge is 2.21.